The standard InChI is InChI=1S/C31H36N4O4.C2H6/c1-5-6-27(36)35(25-16-19(3)18(2)15-22(25)20-7-8-20)26-12-11-24(33-4)28(34-26)29(32)39-21-9-10-23(30(37)38)31(17-21)13-14-31;1-2/h11-12,15-16,20-21,23,32-33H,7-10,13-14,17H2,1-4H3,(H,37,38);1-2H3/t21-,23-;/m1./s1. The van der Waals surface area contributed by atoms with Gasteiger partial charge in [0, 0.05) is 7.05 Å². The van der Waals surface area contributed by atoms with Gasteiger partial charge in [0.15, 0.2) is 0 Å². The average molecular weight is 559 g/mol. The number of anilines is 3. The van der Waals surface area contributed by atoms with Gasteiger partial charge < -0.3 is 15.2 Å². The number of nitrogens with zero attached hydrogens (tertiary/aromatic N) is 2. The number of ether oxygens (including phenoxy) is 1. The first-order valence-corrected chi connectivity index (χ1v) is 14.7. The number of aliphatic carboxylic acids is 1. The maximum Gasteiger partial charge on any atom is 0.308 e. The van der Waals surface area contributed by atoms with E-state index in [4.69, 9.17) is 15.1 Å². The Morgan fingerprint density at radius 2 is 1.80 bits per heavy atom. The van der Waals surface area contributed by atoms with Crippen molar-refractivity contribution in [3.63, 3.8) is 0 Å². The van der Waals surface area contributed by atoms with Gasteiger partial charge >= 0.3 is 11.9 Å². The van der Waals surface area contributed by atoms with Crippen LogP contribution in [0.2, 0.25) is 0 Å². The Bertz CT molecular complexity index is 1400. The van der Waals surface area contributed by atoms with Crippen molar-refractivity contribution in [1.29, 1.82) is 5.41 Å². The first-order chi connectivity index (χ1) is 19.7. The van der Waals surface area contributed by atoms with Crippen molar-refractivity contribution >= 4 is 35.0 Å². The van der Waals surface area contributed by atoms with Crippen LogP contribution < -0.4 is 10.2 Å². The zero-order valence-corrected chi connectivity index (χ0v) is 25.1. The number of carboxylic acid groups (broad SMARTS) is 1. The molecule has 0 aliphatic heterocycles. The van der Waals surface area contributed by atoms with E-state index >= 15 is 0 Å². The Kier molecular flexibility index (Phi) is 9.06. The van der Waals surface area contributed by atoms with Crippen LogP contribution in [-0.2, 0) is 14.3 Å². The van der Waals surface area contributed by atoms with Crippen molar-refractivity contribution in [2.45, 2.75) is 91.6 Å². The summed E-state index contributed by atoms with van der Waals surface area (Å²) < 4.78 is 6.14. The van der Waals surface area contributed by atoms with Crippen molar-refractivity contribution in [1.82, 2.24) is 4.98 Å². The summed E-state index contributed by atoms with van der Waals surface area (Å²) in [6.07, 6.45) is 5.47. The van der Waals surface area contributed by atoms with Gasteiger partial charge in [-0.1, -0.05) is 25.8 Å². The molecule has 2 atom stereocenters. The first-order valence-electron chi connectivity index (χ1n) is 14.7. The fourth-order valence-corrected chi connectivity index (χ4v) is 5.96. The van der Waals surface area contributed by atoms with Crippen LogP contribution in [0, 0.1) is 42.4 Å². The molecule has 3 saturated carbocycles. The molecule has 8 heteroatoms. The van der Waals surface area contributed by atoms with Crippen molar-refractivity contribution in [3.05, 3.63) is 46.6 Å². The number of carbonyl (C=O) groups excluding carboxylic acids is 1. The number of hydrogen-bond donors (Lipinski definition) is 3. The van der Waals surface area contributed by atoms with Crippen LogP contribution in [0.4, 0.5) is 17.2 Å². The molecule has 41 heavy (non-hydrogen) atoms. The molecule has 0 bridgehead atoms. The zero-order valence-electron chi connectivity index (χ0n) is 25.1. The third-order valence-electron chi connectivity index (χ3n) is 8.56. The third-order valence-corrected chi connectivity index (χ3v) is 8.56. The third kappa shape index (κ3) is 6.24. The fraction of sp³-hybridized carbons (Fsp3) is 0.515. The van der Waals surface area contributed by atoms with E-state index < -0.39 is 5.97 Å². The van der Waals surface area contributed by atoms with Crippen molar-refractivity contribution in [2.75, 3.05) is 17.3 Å². The molecule has 3 N–H and O–H groups in total. The Hall–Kier alpha value is -3.86. The quantitative estimate of drug-likeness (QED) is 0.198. The van der Waals surface area contributed by atoms with E-state index in [-0.39, 0.29) is 29.2 Å². The number of nitrogens with one attached hydrogen (secondary N) is 2. The number of aryl methyl sites for hydroxylation is 2. The topological polar surface area (TPSA) is 116 Å². The van der Waals surface area contributed by atoms with Gasteiger partial charge in [-0.2, -0.15) is 0 Å². The maximum atomic E-state index is 13.4. The van der Waals surface area contributed by atoms with E-state index in [1.54, 1.807) is 31.0 Å². The van der Waals surface area contributed by atoms with Crippen LogP contribution >= 0.6 is 0 Å². The molecule has 5 rings (SSSR count). The Labute approximate surface area is 243 Å². The van der Waals surface area contributed by atoms with Gasteiger partial charge in [0.2, 0.25) is 5.90 Å². The van der Waals surface area contributed by atoms with Gasteiger partial charge in [-0.25, -0.2) is 4.98 Å². The lowest BCUT2D eigenvalue weighted by Gasteiger charge is -2.34. The van der Waals surface area contributed by atoms with E-state index in [0.29, 0.717) is 42.4 Å². The lowest BCUT2D eigenvalue weighted by atomic mass is 9.75. The molecule has 3 fully saturated rings. The molecule has 0 radical (unpaired) electrons. The smallest absolute Gasteiger partial charge is 0.308 e. The number of aromatic nitrogens is 1. The molecule has 2 aromatic rings. The van der Waals surface area contributed by atoms with E-state index in [2.05, 4.69) is 30.1 Å². The molecule has 218 valence electrons. The van der Waals surface area contributed by atoms with Crippen LogP contribution in [0.3, 0.4) is 0 Å². The molecule has 1 aromatic carbocycles. The van der Waals surface area contributed by atoms with Gasteiger partial charge in [0.05, 0.1) is 17.3 Å². The maximum absolute atomic E-state index is 13.4. The predicted molar refractivity (Wildman–Crippen MR) is 162 cm³/mol. The summed E-state index contributed by atoms with van der Waals surface area (Å²) in [5.41, 5.74) is 4.85. The Balaban J connectivity index is 0.00000189. The number of benzene rings is 1. The average Bonchev–Trinajstić information content (AvgIpc) is 3.89. The molecule has 0 unspecified atom stereocenters. The minimum absolute atomic E-state index is 0.0905. The predicted octanol–water partition coefficient (Wildman–Crippen LogP) is 6.71. The number of rotatable bonds is 7. The minimum atomic E-state index is -0.732. The normalized spacial score (nSPS) is 20.0. The van der Waals surface area contributed by atoms with E-state index in [0.717, 1.165) is 42.5 Å². The van der Waals surface area contributed by atoms with Crippen LogP contribution in [-0.4, -0.2) is 41.0 Å². The molecular formula is C33H42N4O4. The lowest BCUT2D eigenvalue weighted by molar-refractivity contribution is -0.146. The highest BCUT2D eigenvalue weighted by Crippen LogP contribution is 2.60. The summed E-state index contributed by atoms with van der Waals surface area (Å²) in [5.74, 6) is 4.65. The van der Waals surface area contributed by atoms with Crippen LogP contribution in [0.25, 0.3) is 0 Å². The number of pyridine rings is 1. The highest BCUT2D eigenvalue weighted by atomic mass is 16.5. The molecule has 3 aliphatic carbocycles. The second-order valence-corrected chi connectivity index (χ2v) is 11.2. The number of hydrogen-bond acceptors (Lipinski definition) is 6. The second kappa shape index (κ2) is 12.3. The Morgan fingerprint density at radius 3 is 2.39 bits per heavy atom. The molecule has 1 spiro atoms. The molecule has 1 heterocycles. The minimum Gasteiger partial charge on any atom is -0.481 e. The SMILES string of the molecule is CC.CC#CC(=O)N(c1ccc(NC)c(C(=N)O[C@@H]2CC[C@H](C(=O)O)C3(CC3)C2)n1)c1cc(C)c(C)cc1C1CC1. The molecule has 8 nitrogen and oxygen atoms in total. The number of amides is 1. The largest absolute Gasteiger partial charge is 0.481 e. The van der Waals surface area contributed by atoms with E-state index in [1.165, 1.54) is 5.56 Å². The monoisotopic (exact) mass is 558 g/mol. The molecule has 3 aliphatic rings. The van der Waals surface area contributed by atoms with Gasteiger partial charge in [-0.05, 0) is 118 Å². The van der Waals surface area contributed by atoms with E-state index in [1.807, 2.05) is 26.8 Å². The summed E-state index contributed by atoms with van der Waals surface area (Å²) in [5, 5.41) is 21.6. The molecule has 1 amide bonds. The zero-order chi connectivity index (χ0) is 29.9. The fourth-order valence-electron chi connectivity index (χ4n) is 5.96. The van der Waals surface area contributed by atoms with Gasteiger partial charge in [-0.3, -0.25) is 19.9 Å². The molecular weight excluding hydrogens is 516 g/mol. The highest BCUT2D eigenvalue weighted by molar-refractivity contribution is 6.11. The highest BCUT2D eigenvalue weighted by Gasteiger charge is 2.56. The van der Waals surface area contributed by atoms with Gasteiger partial charge in [0.25, 0.3) is 0 Å². The van der Waals surface area contributed by atoms with Crippen LogP contribution in [0.1, 0.15) is 94.0 Å². The first kappa shape index (κ1) is 30.1. The lowest BCUT2D eigenvalue weighted by Crippen LogP contribution is -2.36. The van der Waals surface area contributed by atoms with Crippen LogP contribution in [0.15, 0.2) is 24.3 Å². The van der Waals surface area contributed by atoms with Gasteiger partial charge in [0.1, 0.15) is 17.6 Å². The number of carbonyl (C=O) groups is 2. The summed E-state index contributed by atoms with van der Waals surface area (Å²) in [6.45, 7) is 9.74. The second-order valence-electron chi connectivity index (χ2n) is 11.2. The van der Waals surface area contributed by atoms with Crippen molar-refractivity contribution in [2.24, 2.45) is 11.3 Å². The molecule has 1 aromatic heterocycles. The van der Waals surface area contributed by atoms with Crippen molar-refractivity contribution in [3.8, 4) is 11.8 Å². The summed E-state index contributed by atoms with van der Waals surface area (Å²) in [4.78, 5) is 31.5. The Morgan fingerprint density at radius 1 is 1.12 bits per heavy atom. The summed E-state index contributed by atoms with van der Waals surface area (Å²) in [7, 11) is 1.75. The van der Waals surface area contributed by atoms with E-state index in [9.17, 15) is 14.7 Å². The summed E-state index contributed by atoms with van der Waals surface area (Å²) in [6, 6.07) is 7.76. The molecule has 0 saturated heterocycles. The van der Waals surface area contributed by atoms with Crippen molar-refractivity contribution < 1.29 is 19.4 Å². The number of carboxylic acids is 1. The van der Waals surface area contributed by atoms with Gasteiger partial charge in [-0.15, -0.1) is 0 Å². The summed E-state index contributed by atoms with van der Waals surface area (Å²) >= 11 is 0. The van der Waals surface area contributed by atoms with Crippen LogP contribution in [0.5, 0.6) is 0 Å².